The molecule has 0 aliphatic rings. The third kappa shape index (κ3) is 2.27. The van der Waals surface area contributed by atoms with Crippen molar-refractivity contribution in [2.75, 3.05) is 7.11 Å². The molecule has 2 rings (SSSR count). The van der Waals surface area contributed by atoms with Gasteiger partial charge in [-0.2, -0.15) is 0 Å². The van der Waals surface area contributed by atoms with Gasteiger partial charge in [-0.15, -0.1) is 0 Å². The summed E-state index contributed by atoms with van der Waals surface area (Å²) in [6.45, 7) is 0. The number of hydrogen-bond acceptors (Lipinski definition) is 3. The predicted octanol–water partition coefficient (Wildman–Crippen LogP) is 2.77. The molecule has 2 N–H and O–H groups in total. The fourth-order valence-electron chi connectivity index (χ4n) is 1.69. The summed E-state index contributed by atoms with van der Waals surface area (Å²) in [5.41, 5.74) is 1.76. The first-order valence-electron chi connectivity index (χ1n) is 5.32. The Bertz CT molecular complexity index is 590. The molecule has 4 heteroatoms. The number of hydrogen-bond donors (Lipinski definition) is 2. The number of methoxy groups -OCH3 is 1. The molecule has 0 aliphatic heterocycles. The van der Waals surface area contributed by atoms with Gasteiger partial charge in [0.05, 0.1) is 12.7 Å². The highest BCUT2D eigenvalue weighted by Gasteiger charge is 2.07. The number of benzene rings is 2. The number of carbonyl (C=O) groups is 1. The summed E-state index contributed by atoms with van der Waals surface area (Å²) in [6, 6.07) is 11.5. The van der Waals surface area contributed by atoms with E-state index in [-0.39, 0.29) is 11.3 Å². The highest BCUT2D eigenvalue weighted by atomic mass is 16.5. The monoisotopic (exact) mass is 244 g/mol. The lowest BCUT2D eigenvalue weighted by Crippen LogP contribution is -1.95. The molecule has 0 bridgehead atoms. The van der Waals surface area contributed by atoms with Crippen LogP contribution in [0.15, 0.2) is 42.5 Å². The van der Waals surface area contributed by atoms with Gasteiger partial charge in [-0.1, -0.05) is 18.2 Å². The first-order chi connectivity index (χ1) is 8.61. The van der Waals surface area contributed by atoms with Crippen LogP contribution in [0.2, 0.25) is 0 Å². The molecular weight excluding hydrogens is 232 g/mol. The number of rotatable bonds is 3. The van der Waals surface area contributed by atoms with E-state index >= 15 is 0 Å². The number of phenols is 1. The minimum absolute atomic E-state index is 0.0515. The second-order valence-electron chi connectivity index (χ2n) is 3.77. The molecule has 0 spiro atoms. The maximum absolute atomic E-state index is 10.9. The molecule has 0 atom stereocenters. The quantitative estimate of drug-likeness (QED) is 0.871. The third-order valence-corrected chi connectivity index (χ3v) is 2.62. The summed E-state index contributed by atoms with van der Waals surface area (Å²) < 4.78 is 5.02. The Hall–Kier alpha value is -2.49. The lowest BCUT2D eigenvalue weighted by atomic mass is 10.0. The Morgan fingerprint density at radius 3 is 2.50 bits per heavy atom. The highest BCUT2D eigenvalue weighted by molar-refractivity contribution is 5.89. The minimum atomic E-state index is -0.970. The van der Waals surface area contributed by atoms with Gasteiger partial charge in [0.1, 0.15) is 0 Å². The maximum Gasteiger partial charge on any atom is 0.335 e. The molecule has 4 nitrogen and oxygen atoms in total. The number of ether oxygens (including phenoxy) is 1. The molecule has 0 aromatic heterocycles. The van der Waals surface area contributed by atoms with E-state index in [9.17, 15) is 9.90 Å². The molecule has 0 amide bonds. The van der Waals surface area contributed by atoms with Crippen molar-refractivity contribution in [3.8, 4) is 22.6 Å². The largest absolute Gasteiger partial charge is 0.504 e. The topological polar surface area (TPSA) is 66.8 Å². The van der Waals surface area contributed by atoms with Crippen molar-refractivity contribution in [3.05, 3.63) is 48.0 Å². The van der Waals surface area contributed by atoms with E-state index in [1.54, 1.807) is 30.3 Å². The Kier molecular flexibility index (Phi) is 3.19. The fourth-order valence-corrected chi connectivity index (χ4v) is 1.69. The standard InChI is InChI=1S/C14H12O4/c1-18-13-8-10(5-6-12(13)15)9-3-2-4-11(7-9)14(16)17/h2-8,15H,1H3,(H,16,17). The van der Waals surface area contributed by atoms with Gasteiger partial charge in [0, 0.05) is 0 Å². The highest BCUT2D eigenvalue weighted by Crippen LogP contribution is 2.31. The van der Waals surface area contributed by atoms with Crippen LogP contribution in [-0.2, 0) is 0 Å². The molecule has 0 aliphatic carbocycles. The molecule has 0 saturated carbocycles. The molecule has 0 unspecified atom stereocenters. The van der Waals surface area contributed by atoms with Crippen LogP contribution in [0.1, 0.15) is 10.4 Å². The van der Waals surface area contributed by atoms with E-state index in [4.69, 9.17) is 9.84 Å². The van der Waals surface area contributed by atoms with Crippen LogP contribution in [0, 0.1) is 0 Å². The fraction of sp³-hybridized carbons (Fsp3) is 0.0714. The van der Waals surface area contributed by atoms with Gasteiger partial charge >= 0.3 is 5.97 Å². The normalized spacial score (nSPS) is 10.1. The average molecular weight is 244 g/mol. The smallest absolute Gasteiger partial charge is 0.335 e. The van der Waals surface area contributed by atoms with Crippen LogP contribution in [0.3, 0.4) is 0 Å². The zero-order valence-electron chi connectivity index (χ0n) is 9.75. The molecule has 2 aromatic rings. The van der Waals surface area contributed by atoms with Crippen LogP contribution in [-0.4, -0.2) is 23.3 Å². The Morgan fingerprint density at radius 2 is 1.83 bits per heavy atom. The van der Waals surface area contributed by atoms with Crippen molar-refractivity contribution >= 4 is 5.97 Å². The van der Waals surface area contributed by atoms with Crippen molar-refractivity contribution in [2.24, 2.45) is 0 Å². The summed E-state index contributed by atoms with van der Waals surface area (Å²) >= 11 is 0. The van der Waals surface area contributed by atoms with Crippen LogP contribution in [0.4, 0.5) is 0 Å². The summed E-state index contributed by atoms with van der Waals surface area (Å²) in [6.07, 6.45) is 0. The SMILES string of the molecule is COc1cc(-c2cccc(C(=O)O)c2)ccc1O. The van der Waals surface area contributed by atoms with Crippen molar-refractivity contribution in [3.63, 3.8) is 0 Å². The van der Waals surface area contributed by atoms with E-state index in [0.29, 0.717) is 5.75 Å². The molecular formula is C14H12O4. The van der Waals surface area contributed by atoms with Gasteiger partial charge in [0.25, 0.3) is 0 Å². The van der Waals surface area contributed by atoms with Gasteiger partial charge < -0.3 is 14.9 Å². The summed E-state index contributed by atoms with van der Waals surface area (Å²) in [5.74, 6) is -0.563. The molecule has 0 radical (unpaired) electrons. The Labute approximate surface area is 104 Å². The number of phenolic OH excluding ortho intramolecular Hbond substituents is 1. The zero-order valence-corrected chi connectivity index (χ0v) is 9.75. The minimum Gasteiger partial charge on any atom is -0.504 e. The predicted molar refractivity (Wildman–Crippen MR) is 67.1 cm³/mol. The molecule has 2 aromatic carbocycles. The van der Waals surface area contributed by atoms with Crippen molar-refractivity contribution in [2.45, 2.75) is 0 Å². The van der Waals surface area contributed by atoms with Crippen LogP contribution in [0.5, 0.6) is 11.5 Å². The van der Waals surface area contributed by atoms with Gasteiger partial charge in [0.15, 0.2) is 11.5 Å². The summed E-state index contributed by atoms with van der Waals surface area (Å²) in [5, 5.41) is 18.4. The first-order valence-corrected chi connectivity index (χ1v) is 5.32. The van der Waals surface area contributed by atoms with E-state index in [2.05, 4.69) is 0 Å². The van der Waals surface area contributed by atoms with Gasteiger partial charge in [-0.25, -0.2) is 4.79 Å². The second kappa shape index (κ2) is 4.79. The molecule has 92 valence electrons. The van der Waals surface area contributed by atoms with Crippen molar-refractivity contribution in [1.29, 1.82) is 0 Å². The molecule has 0 fully saturated rings. The second-order valence-corrected chi connectivity index (χ2v) is 3.77. The van der Waals surface area contributed by atoms with Crippen molar-refractivity contribution < 1.29 is 19.7 Å². The van der Waals surface area contributed by atoms with Crippen molar-refractivity contribution in [1.82, 2.24) is 0 Å². The van der Waals surface area contributed by atoms with Gasteiger partial charge in [-0.05, 0) is 35.4 Å². The van der Waals surface area contributed by atoms with Gasteiger partial charge in [0.2, 0.25) is 0 Å². The van der Waals surface area contributed by atoms with E-state index in [1.165, 1.54) is 19.2 Å². The van der Waals surface area contributed by atoms with Crippen LogP contribution < -0.4 is 4.74 Å². The number of aromatic hydroxyl groups is 1. The van der Waals surface area contributed by atoms with Gasteiger partial charge in [-0.3, -0.25) is 0 Å². The van der Waals surface area contributed by atoms with Crippen LogP contribution >= 0.6 is 0 Å². The average Bonchev–Trinajstić information content (AvgIpc) is 2.39. The number of aromatic carboxylic acids is 1. The number of carboxylic acid groups (broad SMARTS) is 1. The molecule has 0 heterocycles. The summed E-state index contributed by atoms with van der Waals surface area (Å²) in [7, 11) is 1.46. The first kappa shape index (κ1) is 12.0. The Balaban J connectivity index is 2.48. The third-order valence-electron chi connectivity index (χ3n) is 2.62. The van der Waals surface area contributed by atoms with E-state index in [1.807, 2.05) is 0 Å². The maximum atomic E-state index is 10.9. The zero-order chi connectivity index (χ0) is 13.1. The van der Waals surface area contributed by atoms with Crippen LogP contribution in [0.25, 0.3) is 11.1 Å². The van der Waals surface area contributed by atoms with E-state index in [0.717, 1.165) is 11.1 Å². The molecule has 18 heavy (non-hydrogen) atoms. The van der Waals surface area contributed by atoms with E-state index < -0.39 is 5.97 Å². The summed E-state index contributed by atoms with van der Waals surface area (Å²) in [4.78, 5) is 10.9. The molecule has 0 saturated heterocycles. The lowest BCUT2D eigenvalue weighted by Gasteiger charge is -2.07. The number of carboxylic acids is 1. The lowest BCUT2D eigenvalue weighted by molar-refractivity contribution is 0.0697. The Morgan fingerprint density at radius 1 is 1.11 bits per heavy atom.